The number of anilines is 2. The number of rotatable bonds is 4. The molecular formula is C15H18N2. The SMILES string of the molecule is CCN(Cc1ccccc1)c1cccc(N)c1. The second kappa shape index (κ2) is 5.39. The van der Waals surface area contributed by atoms with Gasteiger partial charge in [-0.3, -0.25) is 0 Å². The van der Waals surface area contributed by atoms with E-state index in [1.807, 2.05) is 24.3 Å². The van der Waals surface area contributed by atoms with Crippen molar-refractivity contribution in [1.29, 1.82) is 0 Å². The van der Waals surface area contributed by atoms with Gasteiger partial charge >= 0.3 is 0 Å². The van der Waals surface area contributed by atoms with Gasteiger partial charge in [-0.25, -0.2) is 0 Å². The first-order valence-electron chi connectivity index (χ1n) is 5.94. The minimum absolute atomic E-state index is 0.814. The van der Waals surface area contributed by atoms with E-state index >= 15 is 0 Å². The summed E-state index contributed by atoms with van der Waals surface area (Å²) >= 11 is 0. The Morgan fingerprint density at radius 2 is 1.76 bits per heavy atom. The summed E-state index contributed by atoms with van der Waals surface area (Å²) in [6.45, 7) is 4.05. The van der Waals surface area contributed by atoms with Gasteiger partial charge in [0.2, 0.25) is 0 Å². The van der Waals surface area contributed by atoms with E-state index in [0.29, 0.717) is 0 Å². The van der Waals surface area contributed by atoms with Crippen LogP contribution in [-0.2, 0) is 6.54 Å². The Morgan fingerprint density at radius 3 is 2.41 bits per heavy atom. The highest BCUT2D eigenvalue weighted by Gasteiger charge is 2.04. The summed E-state index contributed by atoms with van der Waals surface area (Å²) in [5, 5.41) is 0. The molecule has 2 heteroatoms. The average Bonchev–Trinajstić information content (AvgIpc) is 2.37. The van der Waals surface area contributed by atoms with E-state index < -0.39 is 0 Å². The summed E-state index contributed by atoms with van der Waals surface area (Å²) in [6, 6.07) is 18.5. The number of nitrogen functional groups attached to an aromatic ring is 1. The first kappa shape index (κ1) is 11.5. The molecule has 88 valence electrons. The number of benzene rings is 2. The van der Waals surface area contributed by atoms with Gasteiger partial charge in [-0.1, -0.05) is 36.4 Å². The second-order valence-electron chi connectivity index (χ2n) is 4.09. The van der Waals surface area contributed by atoms with Crippen LogP contribution in [0.25, 0.3) is 0 Å². The third-order valence-corrected chi connectivity index (χ3v) is 2.83. The largest absolute Gasteiger partial charge is 0.399 e. The van der Waals surface area contributed by atoms with Gasteiger partial charge in [0, 0.05) is 24.5 Å². The zero-order valence-electron chi connectivity index (χ0n) is 10.1. The molecule has 0 amide bonds. The highest BCUT2D eigenvalue weighted by Crippen LogP contribution is 2.19. The van der Waals surface area contributed by atoms with Crippen LogP contribution in [0.1, 0.15) is 12.5 Å². The van der Waals surface area contributed by atoms with E-state index in [-0.39, 0.29) is 0 Å². The third-order valence-electron chi connectivity index (χ3n) is 2.83. The highest BCUT2D eigenvalue weighted by atomic mass is 15.1. The van der Waals surface area contributed by atoms with E-state index in [4.69, 9.17) is 5.73 Å². The molecule has 0 fully saturated rings. The van der Waals surface area contributed by atoms with E-state index in [2.05, 4.69) is 42.2 Å². The average molecular weight is 226 g/mol. The molecule has 0 atom stereocenters. The van der Waals surface area contributed by atoms with Crippen LogP contribution in [0.4, 0.5) is 11.4 Å². The Balaban J connectivity index is 2.17. The van der Waals surface area contributed by atoms with Gasteiger partial charge in [0.05, 0.1) is 0 Å². The van der Waals surface area contributed by atoms with Crippen molar-refractivity contribution in [3.8, 4) is 0 Å². The van der Waals surface area contributed by atoms with Crippen molar-refractivity contribution < 1.29 is 0 Å². The van der Waals surface area contributed by atoms with Crippen molar-refractivity contribution in [2.75, 3.05) is 17.2 Å². The zero-order valence-corrected chi connectivity index (χ0v) is 10.1. The van der Waals surface area contributed by atoms with Gasteiger partial charge in [-0.15, -0.1) is 0 Å². The van der Waals surface area contributed by atoms with E-state index in [9.17, 15) is 0 Å². The normalized spacial score (nSPS) is 10.2. The standard InChI is InChI=1S/C15H18N2/c1-2-17(12-13-7-4-3-5-8-13)15-10-6-9-14(16)11-15/h3-11H,2,12,16H2,1H3. The fraction of sp³-hybridized carbons (Fsp3) is 0.200. The zero-order chi connectivity index (χ0) is 12.1. The summed E-state index contributed by atoms with van der Waals surface area (Å²) in [5.74, 6) is 0. The molecule has 0 unspecified atom stereocenters. The fourth-order valence-corrected chi connectivity index (χ4v) is 1.91. The Hall–Kier alpha value is -1.96. The molecular weight excluding hydrogens is 208 g/mol. The number of nitrogens with zero attached hydrogens (tertiary/aromatic N) is 1. The molecule has 2 aromatic rings. The number of nitrogens with two attached hydrogens (primary N) is 1. The third kappa shape index (κ3) is 3.00. The molecule has 0 heterocycles. The van der Waals surface area contributed by atoms with E-state index in [1.165, 1.54) is 11.3 Å². The minimum atomic E-state index is 0.814. The molecule has 17 heavy (non-hydrogen) atoms. The Morgan fingerprint density at radius 1 is 1.00 bits per heavy atom. The van der Waals surface area contributed by atoms with Crippen molar-refractivity contribution in [2.24, 2.45) is 0 Å². The smallest absolute Gasteiger partial charge is 0.0429 e. The van der Waals surface area contributed by atoms with Crippen molar-refractivity contribution in [1.82, 2.24) is 0 Å². The number of hydrogen-bond acceptors (Lipinski definition) is 2. The van der Waals surface area contributed by atoms with Crippen molar-refractivity contribution in [2.45, 2.75) is 13.5 Å². The summed E-state index contributed by atoms with van der Waals surface area (Å²) in [5.41, 5.74) is 9.13. The van der Waals surface area contributed by atoms with Crippen LogP contribution in [0.2, 0.25) is 0 Å². The Kier molecular flexibility index (Phi) is 3.66. The summed E-state index contributed by atoms with van der Waals surface area (Å²) in [6.07, 6.45) is 0. The maximum absolute atomic E-state index is 5.82. The maximum atomic E-state index is 5.82. The van der Waals surface area contributed by atoms with Crippen molar-refractivity contribution in [3.05, 3.63) is 60.2 Å². The quantitative estimate of drug-likeness (QED) is 0.810. The lowest BCUT2D eigenvalue weighted by Crippen LogP contribution is -2.21. The lowest BCUT2D eigenvalue weighted by atomic mass is 10.2. The van der Waals surface area contributed by atoms with E-state index in [0.717, 1.165) is 18.8 Å². The lowest BCUT2D eigenvalue weighted by molar-refractivity contribution is 0.832. The topological polar surface area (TPSA) is 29.3 Å². The van der Waals surface area contributed by atoms with E-state index in [1.54, 1.807) is 0 Å². The van der Waals surface area contributed by atoms with Crippen molar-refractivity contribution >= 4 is 11.4 Å². The van der Waals surface area contributed by atoms with Gasteiger partial charge in [0.15, 0.2) is 0 Å². The predicted molar refractivity (Wildman–Crippen MR) is 74.0 cm³/mol. The highest BCUT2D eigenvalue weighted by molar-refractivity contribution is 5.56. The summed E-state index contributed by atoms with van der Waals surface area (Å²) in [4.78, 5) is 2.31. The van der Waals surface area contributed by atoms with Crippen LogP contribution >= 0.6 is 0 Å². The molecule has 0 aliphatic rings. The molecule has 0 radical (unpaired) electrons. The van der Waals surface area contributed by atoms with Gasteiger partial charge < -0.3 is 10.6 Å². The summed E-state index contributed by atoms with van der Waals surface area (Å²) < 4.78 is 0. The Bertz CT molecular complexity index is 465. The lowest BCUT2D eigenvalue weighted by Gasteiger charge is -2.23. The van der Waals surface area contributed by atoms with Crippen LogP contribution in [0.3, 0.4) is 0 Å². The van der Waals surface area contributed by atoms with Gasteiger partial charge in [-0.2, -0.15) is 0 Å². The van der Waals surface area contributed by atoms with Crippen LogP contribution in [-0.4, -0.2) is 6.54 Å². The molecule has 2 nitrogen and oxygen atoms in total. The predicted octanol–water partition coefficient (Wildman–Crippen LogP) is 3.30. The summed E-state index contributed by atoms with van der Waals surface area (Å²) in [7, 11) is 0. The van der Waals surface area contributed by atoms with Gasteiger partial charge in [0.1, 0.15) is 0 Å². The molecule has 0 saturated heterocycles. The molecule has 0 aromatic heterocycles. The van der Waals surface area contributed by atoms with Gasteiger partial charge in [-0.05, 0) is 30.7 Å². The molecule has 0 aliphatic carbocycles. The van der Waals surface area contributed by atoms with Crippen molar-refractivity contribution in [3.63, 3.8) is 0 Å². The van der Waals surface area contributed by atoms with Crippen LogP contribution in [0.15, 0.2) is 54.6 Å². The molecule has 2 N–H and O–H groups in total. The van der Waals surface area contributed by atoms with Crippen LogP contribution < -0.4 is 10.6 Å². The molecule has 2 aromatic carbocycles. The first-order valence-corrected chi connectivity index (χ1v) is 5.94. The molecule has 0 aliphatic heterocycles. The molecule has 0 bridgehead atoms. The van der Waals surface area contributed by atoms with Gasteiger partial charge in [0.25, 0.3) is 0 Å². The Labute approximate surface area is 103 Å². The molecule has 0 spiro atoms. The maximum Gasteiger partial charge on any atom is 0.0429 e. The first-order chi connectivity index (χ1) is 8.29. The van der Waals surface area contributed by atoms with Crippen LogP contribution in [0, 0.1) is 0 Å². The number of hydrogen-bond donors (Lipinski definition) is 1. The fourth-order valence-electron chi connectivity index (χ4n) is 1.91. The second-order valence-corrected chi connectivity index (χ2v) is 4.09. The monoisotopic (exact) mass is 226 g/mol. The minimum Gasteiger partial charge on any atom is -0.399 e. The molecule has 0 saturated carbocycles. The van der Waals surface area contributed by atoms with Crippen LogP contribution in [0.5, 0.6) is 0 Å². The molecule has 2 rings (SSSR count).